The topological polar surface area (TPSA) is 120 Å². The maximum Gasteiger partial charge on any atom is 0.298 e. The van der Waals surface area contributed by atoms with Crippen LogP contribution in [0.5, 0.6) is 0 Å². The lowest BCUT2D eigenvalue weighted by atomic mass is 10.0. The van der Waals surface area contributed by atoms with Gasteiger partial charge < -0.3 is 16.0 Å². The largest absolute Gasteiger partial charge is 0.383 e. The summed E-state index contributed by atoms with van der Waals surface area (Å²) < 4.78 is 3.81. The zero-order chi connectivity index (χ0) is 28.6. The van der Waals surface area contributed by atoms with Gasteiger partial charge in [0.25, 0.3) is 5.91 Å². The first-order valence-electron chi connectivity index (χ1n) is 14.3. The number of hydrogen-bond acceptors (Lipinski definition) is 7. The van der Waals surface area contributed by atoms with Crippen LogP contribution in [-0.4, -0.2) is 59.2 Å². The third-order valence-electron chi connectivity index (χ3n) is 8.22. The lowest BCUT2D eigenvalue weighted by Gasteiger charge is -2.33. The fourth-order valence-corrected chi connectivity index (χ4v) is 6.15. The van der Waals surface area contributed by atoms with Crippen molar-refractivity contribution in [3.05, 3.63) is 78.2 Å². The number of nitrogen functional groups attached to an aromatic ring is 1. The number of aromatic nitrogens is 6. The summed E-state index contributed by atoms with van der Waals surface area (Å²) in [7, 11) is 0. The summed E-state index contributed by atoms with van der Waals surface area (Å²) in [6, 6.07) is 16.8. The van der Waals surface area contributed by atoms with E-state index in [0.29, 0.717) is 23.5 Å². The molecule has 42 heavy (non-hydrogen) atoms. The number of carbonyl (C=O) groups excluding carboxylic acids is 1. The molecule has 10 nitrogen and oxygen atoms in total. The maximum atomic E-state index is 12.1. The van der Waals surface area contributed by atoms with Crippen LogP contribution in [0.4, 0.5) is 5.82 Å². The number of imidazole rings is 1. The van der Waals surface area contributed by atoms with Crippen LogP contribution in [0.2, 0.25) is 0 Å². The van der Waals surface area contributed by atoms with Crippen molar-refractivity contribution in [1.29, 1.82) is 0 Å². The smallest absolute Gasteiger partial charge is 0.298 e. The lowest BCUT2D eigenvalue weighted by Crippen LogP contribution is -2.45. The van der Waals surface area contributed by atoms with Crippen LogP contribution in [0.1, 0.15) is 43.4 Å². The number of pyridine rings is 2. The van der Waals surface area contributed by atoms with Crippen molar-refractivity contribution in [1.82, 2.24) is 39.5 Å². The molecule has 1 aliphatic heterocycles. The molecule has 1 fully saturated rings. The van der Waals surface area contributed by atoms with Gasteiger partial charge in [-0.3, -0.25) is 9.36 Å². The van der Waals surface area contributed by atoms with Gasteiger partial charge in [0.05, 0.1) is 5.56 Å². The quantitative estimate of drug-likeness (QED) is 0.315. The number of hydrogen-bond donors (Lipinski definition) is 2. The fraction of sp³-hybridized carbons (Fsp3) is 0.281. The second-order valence-electron chi connectivity index (χ2n) is 10.8. The number of likely N-dealkylation sites (tertiary alicyclic amines) is 1. The predicted molar refractivity (Wildman–Crippen MR) is 161 cm³/mol. The molecule has 4 aromatic heterocycles. The number of carbonyl (C=O) groups is 1. The lowest BCUT2D eigenvalue weighted by molar-refractivity contribution is -0.126. The van der Waals surface area contributed by atoms with Gasteiger partial charge in [-0.25, -0.2) is 19.6 Å². The number of anilines is 1. The molecule has 1 atom stereocenters. The Hall–Kier alpha value is -5.01. The zero-order valence-electron chi connectivity index (χ0n) is 23.4. The van der Waals surface area contributed by atoms with Gasteiger partial charge in [-0.15, -0.1) is 0 Å². The van der Waals surface area contributed by atoms with E-state index >= 15 is 0 Å². The molecule has 5 aromatic rings. The highest BCUT2D eigenvalue weighted by molar-refractivity contribution is 5.93. The third kappa shape index (κ3) is 4.67. The van der Waals surface area contributed by atoms with Crippen LogP contribution < -0.4 is 11.1 Å². The van der Waals surface area contributed by atoms with Crippen LogP contribution in [-0.2, 0) is 11.2 Å². The van der Waals surface area contributed by atoms with Gasteiger partial charge in [-0.1, -0.05) is 12.0 Å². The maximum absolute atomic E-state index is 12.1. The number of aryl methyl sites for hydroxylation is 1. The molecule has 1 saturated heterocycles. The summed E-state index contributed by atoms with van der Waals surface area (Å²) in [5.41, 5.74) is 12.2. The van der Waals surface area contributed by atoms with Crippen molar-refractivity contribution in [3.63, 3.8) is 0 Å². The van der Waals surface area contributed by atoms with Gasteiger partial charge in [0.2, 0.25) is 0 Å². The number of amides is 1. The van der Waals surface area contributed by atoms with Crippen molar-refractivity contribution in [2.45, 2.75) is 44.7 Å². The Balaban J connectivity index is 1.21. The van der Waals surface area contributed by atoms with Crippen LogP contribution in [0.15, 0.2) is 67.1 Å². The van der Waals surface area contributed by atoms with Crippen LogP contribution in [0, 0.1) is 11.8 Å². The first-order valence-corrected chi connectivity index (χ1v) is 14.3. The van der Waals surface area contributed by atoms with Gasteiger partial charge in [0.15, 0.2) is 17.3 Å². The predicted octanol–water partition coefficient (Wildman–Crippen LogP) is 3.84. The van der Waals surface area contributed by atoms with E-state index in [1.165, 1.54) is 11.1 Å². The molecule has 0 unspecified atom stereocenters. The Bertz CT molecular complexity index is 1840. The minimum atomic E-state index is -0.0691. The molecule has 1 aromatic carbocycles. The Morgan fingerprint density at radius 1 is 1.05 bits per heavy atom. The number of piperidine rings is 1. The number of nitrogens with one attached hydrogen (secondary N) is 1. The van der Waals surface area contributed by atoms with Crippen molar-refractivity contribution < 1.29 is 4.79 Å². The highest BCUT2D eigenvalue weighted by atomic mass is 16.2. The van der Waals surface area contributed by atoms with Crippen molar-refractivity contribution in [2.24, 2.45) is 0 Å². The van der Waals surface area contributed by atoms with E-state index in [-0.39, 0.29) is 11.9 Å². The first kappa shape index (κ1) is 25.9. The molecule has 0 radical (unpaired) electrons. The SMILES string of the molecule is CC#CC(=O)N1CCC(N[C@H]2CCc3cc(-n4c(-c5cccnc5N)nc5ccc(-n6cccn6)nc54)ccc32)CC1. The number of rotatable bonds is 5. The standard InChI is InChI=1S/C32H31N9O/c1-2-5-29(42)39-18-13-22(14-19-39)36-26-10-7-21-20-23(8-9-24(21)26)41-31(25-6-3-15-34-30(25)33)37-27-11-12-28(38-32(27)41)40-17-4-16-35-40/h3-4,6,8-9,11-12,15-17,20,22,26,36H,7,10,13-14,18-19H2,1H3,(H2,33,34)/t26-/m0/s1. The van der Waals surface area contributed by atoms with Crippen molar-refractivity contribution in [2.75, 3.05) is 18.8 Å². The second-order valence-corrected chi connectivity index (χ2v) is 10.8. The van der Waals surface area contributed by atoms with Crippen LogP contribution in [0.25, 0.3) is 34.1 Å². The monoisotopic (exact) mass is 557 g/mol. The van der Waals surface area contributed by atoms with Gasteiger partial charge in [-0.05, 0) is 92.1 Å². The minimum absolute atomic E-state index is 0.0691. The first-order chi connectivity index (χ1) is 20.6. The van der Waals surface area contributed by atoms with E-state index in [9.17, 15) is 4.79 Å². The number of nitrogens with two attached hydrogens (primary N) is 1. The molecule has 2 aliphatic rings. The normalized spacial score (nSPS) is 16.8. The van der Waals surface area contributed by atoms with E-state index in [4.69, 9.17) is 15.7 Å². The molecule has 0 spiro atoms. The zero-order valence-corrected chi connectivity index (χ0v) is 23.4. The summed E-state index contributed by atoms with van der Waals surface area (Å²) in [6.07, 6.45) is 9.17. The molecule has 210 valence electrons. The summed E-state index contributed by atoms with van der Waals surface area (Å²) >= 11 is 0. The Kier molecular flexibility index (Phi) is 6.64. The minimum Gasteiger partial charge on any atom is -0.383 e. The second kappa shape index (κ2) is 10.8. The fourth-order valence-electron chi connectivity index (χ4n) is 6.15. The van der Waals surface area contributed by atoms with E-state index < -0.39 is 0 Å². The van der Waals surface area contributed by atoms with E-state index in [1.54, 1.807) is 24.0 Å². The van der Waals surface area contributed by atoms with Crippen molar-refractivity contribution in [3.8, 4) is 34.7 Å². The Morgan fingerprint density at radius 2 is 1.93 bits per heavy atom. The van der Waals surface area contributed by atoms with Crippen LogP contribution in [0.3, 0.4) is 0 Å². The summed E-state index contributed by atoms with van der Waals surface area (Å²) in [6.45, 7) is 3.19. The average Bonchev–Trinajstić information content (AvgIpc) is 3.77. The molecule has 10 heteroatoms. The van der Waals surface area contributed by atoms with Gasteiger partial charge in [-0.2, -0.15) is 5.10 Å². The molecular weight excluding hydrogens is 526 g/mol. The van der Waals surface area contributed by atoms with Gasteiger partial charge >= 0.3 is 0 Å². The molecule has 0 bridgehead atoms. The summed E-state index contributed by atoms with van der Waals surface area (Å²) in [4.78, 5) is 28.3. The molecule has 7 rings (SSSR count). The number of benzene rings is 1. The van der Waals surface area contributed by atoms with Crippen LogP contribution >= 0.6 is 0 Å². The highest BCUT2D eigenvalue weighted by Crippen LogP contribution is 2.36. The molecular formula is C32H31N9O. The molecule has 5 heterocycles. The van der Waals surface area contributed by atoms with E-state index in [1.807, 2.05) is 41.4 Å². The molecule has 1 aliphatic carbocycles. The van der Waals surface area contributed by atoms with E-state index in [2.05, 4.69) is 50.0 Å². The van der Waals surface area contributed by atoms with Crippen molar-refractivity contribution >= 4 is 22.9 Å². The number of fused-ring (bicyclic) bond motifs is 2. The highest BCUT2D eigenvalue weighted by Gasteiger charge is 2.29. The molecule has 1 amide bonds. The van der Waals surface area contributed by atoms with E-state index in [0.717, 1.165) is 61.2 Å². The third-order valence-corrected chi connectivity index (χ3v) is 8.22. The average molecular weight is 558 g/mol. The Morgan fingerprint density at radius 3 is 2.71 bits per heavy atom. The number of nitrogens with zero attached hydrogens (tertiary/aromatic N) is 7. The van der Waals surface area contributed by atoms with Gasteiger partial charge in [0.1, 0.15) is 11.3 Å². The summed E-state index contributed by atoms with van der Waals surface area (Å²) in [5.74, 6) is 7.13. The molecule has 3 N–H and O–H groups in total. The van der Waals surface area contributed by atoms with Gasteiger partial charge in [0, 0.05) is 49.5 Å². The summed E-state index contributed by atoms with van der Waals surface area (Å²) in [5, 5.41) is 8.24. The molecule has 0 saturated carbocycles. The Labute approximate surface area is 243 Å².